The van der Waals surface area contributed by atoms with Gasteiger partial charge in [0.1, 0.15) is 11.6 Å². The molecule has 1 atom stereocenters. The van der Waals surface area contributed by atoms with E-state index in [1.807, 2.05) is 35.2 Å². The van der Waals surface area contributed by atoms with Gasteiger partial charge >= 0.3 is 0 Å². The predicted octanol–water partition coefficient (Wildman–Crippen LogP) is 3.56. The largest absolute Gasteiger partial charge is 0.467 e. The summed E-state index contributed by atoms with van der Waals surface area (Å²) in [6.45, 7) is 4.34. The van der Waals surface area contributed by atoms with Gasteiger partial charge in [-0.3, -0.25) is 4.79 Å². The van der Waals surface area contributed by atoms with Gasteiger partial charge in [-0.25, -0.2) is 4.98 Å². The normalized spacial score (nSPS) is 18.0. The van der Waals surface area contributed by atoms with Gasteiger partial charge in [0.25, 0.3) is 0 Å². The molecule has 0 saturated carbocycles. The van der Waals surface area contributed by atoms with Gasteiger partial charge in [-0.2, -0.15) is 0 Å². The number of para-hydroxylation sites is 2. The Morgan fingerprint density at radius 1 is 1.25 bits per heavy atom. The van der Waals surface area contributed by atoms with Crippen LogP contribution in [0.5, 0.6) is 0 Å². The Hall–Kier alpha value is -2.56. The van der Waals surface area contributed by atoms with Gasteiger partial charge in [0.2, 0.25) is 5.91 Å². The van der Waals surface area contributed by atoms with E-state index in [4.69, 9.17) is 9.40 Å². The third kappa shape index (κ3) is 2.60. The van der Waals surface area contributed by atoms with Crippen molar-refractivity contribution in [3.63, 3.8) is 0 Å². The highest BCUT2D eigenvalue weighted by atomic mass is 16.3. The number of fused-ring (bicyclic) bond motifs is 1. The molecular formula is C19H21N3O2. The number of aromatic nitrogens is 2. The predicted molar refractivity (Wildman–Crippen MR) is 91.5 cm³/mol. The van der Waals surface area contributed by atoms with Crippen molar-refractivity contribution in [3.8, 4) is 0 Å². The Balaban J connectivity index is 1.63. The van der Waals surface area contributed by atoms with E-state index in [9.17, 15) is 4.79 Å². The Morgan fingerprint density at radius 3 is 2.92 bits per heavy atom. The number of carbonyl (C=O) groups is 1. The minimum absolute atomic E-state index is 0.145. The van der Waals surface area contributed by atoms with Gasteiger partial charge in [0.15, 0.2) is 0 Å². The minimum Gasteiger partial charge on any atom is -0.467 e. The van der Waals surface area contributed by atoms with Crippen LogP contribution >= 0.6 is 0 Å². The third-order valence-corrected chi connectivity index (χ3v) is 4.64. The van der Waals surface area contributed by atoms with Gasteiger partial charge in [-0.1, -0.05) is 19.1 Å². The Kier molecular flexibility index (Phi) is 3.84. The molecule has 3 aromatic rings. The molecule has 4 rings (SSSR count). The van der Waals surface area contributed by atoms with E-state index in [1.165, 1.54) is 0 Å². The summed E-state index contributed by atoms with van der Waals surface area (Å²) in [5.74, 6) is 2.18. The van der Waals surface area contributed by atoms with E-state index in [1.54, 1.807) is 6.26 Å². The molecule has 24 heavy (non-hydrogen) atoms. The van der Waals surface area contributed by atoms with E-state index in [2.05, 4.69) is 17.6 Å². The van der Waals surface area contributed by atoms with E-state index in [0.717, 1.165) is 35.6 Å². The first-order valence-electron chi connectivity index (χ1n) is 8.51. The molecule has 3 heterocycles. The number of hydrogen-bond donors (Lipinski definition) is 0. The smallest absolute Gasteiger partial charge is 0.223 e. The first-order chi connectivity index (χ1) is 11.8. The van der Waals surface area contributed by atoms with Crippen molar-refractivity contribution in [2.24, 2.45) is 0 Å². The molecule has 1 aromatic carbocycles. The standard InChI is InChI=1S/C19H21N3O2/c1-2-9-22-17-8-4-3-7-16(17)20-19(22)14-11-18(23)21(12-14)13-15-6-5-10-24-15/h3-8,10,14H,2,9,11-13H2,1H3/t14-/m1/s1. The molecule has 0 aliphatic carbocycles. The van der Waals surface area contributed by atoms with Crippen LogP contribution in [0.2, 0.25) is 0 Å². The zero-order chi connectivity index (χ0) is 16.5. The van der Waals surface area contributed by atoms with Crippen molar-refractivity contribution in [3.05, 3.63) is 54.2 Å². The number of imidazole rings is 1. The number of hydrogen-bond acceptors (Lipinski definition) is 3. The highest BCUT2D eigenvalue weighted by molar-refractivity contribution is 5.80. The fourth-order valence-corrected chi connectivity index (χ4v) is 3.55. The van der Waals surface area contributed by atoms with Crippen molar-refractivity contribution >= 4 is 16.9 Å². The van der Waals surface area contributed by atoms with Crippen LogP contribution in [0.3, 0.4) is 0 Å². The average molecular weight is 323 g/mol. The van der Waals surface area contributed by atoms with Crippen molar-refractivity contribution in [2.75, 3.05) is 6.54 Å². The average Bonchev–Trinajstić information content (AvgIpc) is 3.29. The SMILES string of the molecule is CCCn1c([C@@H]2CC(=O)N(Cc3ccco3)C2)nc2ccccc21. The molecule has 1 amide bonds. The van der Waals surface area contributed by atoms with Crippen LogP contribution in [-0.2, 0) is 17.9 Å². The molecule has 0 N–H and O–H groups in total. The third-order valence-electron chi connectivity index (χ3n) is 4.64. The second-order valence-electron chi connectivity index (χ2n) is 6.37. The summed E-state index contributed by atoms with van der Waals surface area (Å²) in [6, 6.07) is 12.0. The van der Waals surface area contributed by atoms with E-state index < -0.39 is 0 Å². The first-order valence-corrected chi connectivity index (χ1v) is 8.51. The molecule has 124 valence electrons. The van der Waals surface area contributed by atoms with Gasteiger partial charge in [-0.15, -0.1) is 0 Å². The summed E-state index contributed by atoms with van der Waals surface area (Å²) in [5, 5.41) is 0. The molecule has 0 radical (unpaired) electrons. The zero-order valence-corrected chi connectivity index (χ0v) is 13.8. The topological polar surface area (TPSA) is 51.3 Å². The lowest BCUT2D eigenvalue weighted by atomic mass is 10.1. The van der Waals surface area contributed by atoms with Crippen molar-refractivity contribution < 1.29 is 9.21 Å². The molecule has 5 heteroatoms. The van der Waals surface area contributed by atoms with Crippen molar-refractivity contribution in [1.29, 1.82) is 0 Å². The van der Waals surface area contributed by atoms with Crippen LogP contribution in [0.25, 0.3) is 11.0 Å². The van der Waals surface area contributed by atoms with Gasteiger partial charge in [-0.05, 0) is 30.7 Å². The second kappa shape index (κ2) is 6.15. The highest BCUT2D eigenvalue weighted by Gasteiger charge is 2.34. The van der Waals surface area contributed by atoms with E-state index in [-0.39, 0.29) is 11.8 Å². The summed E-state index contributed by atoms with van der Waals surface area (Å²) in [4.78, 5) is 19.1. The summed E-state index contributed by atoms with van der Waals surface area (Å²) >= 11 is 0. The Morgan fingerprint density at radius 2 is 2.12 bits per heavy atom. The molecule has 5 nitrogen and oxygen atoms in total. The monoisotopic (exact) mass is 323 g/mol. The lowest BCUT2D eigenvalue weighted by Gasteiger charge is -2.16. The number of likely N-dealkylation sites (tertiary alicyclic amines) is 1. The fourth-order valence-electron chi connectivity index (χ4n) is 3.55. The summed E-state index contributed by atoms with van der Waals surface area (Å²) in [7, 11) is 0. The number of amides is 1. The van der Waals surface area contributed by atoms with Gasteiger partial charge < -0.3 is 13.9 Å². The van der Waals surface area contributed by atoms with E-state index in [0.29, 0.717) is 19.5 Å². The van der Waals surface area contributed by atoms with E-state index >= 15 is 0 Å². The summed E-state index contributed by atoms with van der Waals surface area (Å²) < 4.78 is 7.66. The molecule has 2 aromatic heterocycles. The lowest BCUT2D eigenvalue weighted by molar-refractivity contribution is -0.128. The maximum Gasteiger partial charge on any atom is 0.223 e. The molecule has 1 aliphatic heterocycles. The quantitative estimate of drug-likeness (QED) is 0.721. The molecule has 0 unspecified atom stereocenters. The summed E-state index contributed by atoms with van der Waals surface area (Å²) in [6.07, 6.45) is 3.21. The number of aryl methyl sites for hydroxylation is 1. The molecule has 0 bridgehead atoms. The lowest BCUT2D eigenvalue weighted by Crippen LogP contribution is -2.24. The van der Waals surface area contributed by atoms with Crippen LogP contribution < -0.4 is 0 Å². The van der Waals surface area contributed by atoms with Crippen LogP contribution in [0.15, 0.2) is 47.1 Å². The number of benzene rings is 1. The maximum atomic E-state index is 12.4. The fraction of sp³-hybridized carbons (Fsp3) is 0.368. The minimum atomic E-state index is 0.145. The van der Waals surface area contributed by atoms with Crippen LogP contribution in [0, 0.1) is 0 Å². The Bertz CT molecular complexity index is 851. The highest BCUT2D eigenvalue weighted by Crippen LogP contribution is 2.31. The maximum absolute atomic E-state index is 12.4. The number of rotatable bonds is 5. The second-order valence-corrected chi connectivity index (χ2v) is 6.37. The zero-order valence-electron chi connectivity index (χ0n) is 13.8. The first kappa shape index (κ1) is 15.0. The Labute approximate surface area is 140 Å². The van der Waals surface area contributed by atoms with Crippen LogP contribution in [0.1, 0.15) is 37.3 Å². The van der Waals surface area contributed by atoms with Crippen molar-refractivity contribution in [1.82, 2.24) is 14.5 Å². The number of carbonyl (C=O) groups excluding carboxylic acids is 1. The van der Waals surface area contributed by atoms with Crippen molar-refractivity contribution in [2.45, 2.75) is 38.8 Å². The molecular weight excluding hydrogens is 302 g/mol. The number of furan rings is 1. The van der Waals surface area contributed by atoms with Gasteiger partial charge in [0.05, 0.1) is 23.8 Å². The van der Waals surface area contributed by atoms with Gasteiger partial charge in [0, 0.05) is 25.4 Å². The summed E-state index contributed by atoms with van der Waals surface area (Å²) in [5.41, 5.74) is 2.17. The van der Waals surface area contributed by atoms with Crippen LogP contribution in [-0.4, -0.2) is 26.9 Å². The molecule has 0 spiro atoms. The molecule has 1 saturated heterocycles. The molecule has 1 aliphatic rings. The number of nitrogens with zero attached hydrogens (tertiary/aromatic N) is 3. The molecule has 1 fully saturated rings. The van der Waals surface area contributed by atoms with Crippen LogP contribution in [0.4, 0.5) is 0 Å².